The Balaban J connectivity index is 1.75. The summed E-state index contributed by atoms with van der Waals surface area (Å²) < 4.78 is 2.85. The van der Waals surface area contributed by atoms with E-state index in [1.54, 1.807) is 54.9 Å². The van der Waals surface area contributed by atoms with E-state index in [0.717, 1.165) is 10.0 Å². The Kier molecular flexibility index (Phi) is 7.56. The molecule has 0 amide bonds. The van der Waals surface area contributed by atoms with Gasteiger partial charge >= 0.3 is 0 Å². The van der Waals surface area contributed by atoms with E-state index in [2.05, 4.69) is 46.9 Å². The zero-order chi connectivity index (χ0) is 23.5. The molecule has 10 heteroatoms. The molecule has 0 saturated carbocycles. The van der Waals surface area contributed by atoms with Gasteiger partial charge in [-0.3, -0.25) is 0 Å². The maximum Gasteiger partial charge on any atom is 0.251 e. The molecule has 0 fully saturated rings. The fourth-order valence-electron chi connectivity index (χ4n) is 2.84. The smallest absolute Gasteiger partial charge is 0.251 e. The van der Waals surface area contributed by atoms with E-state index in [0.29, 0.717) is 42.3 Å². The van der Waals surface area contributed by atoms with Crippen molar-refractivity contribution in [1.29, 1.82) is 0 Å². The van der Waals surface area contributed by atoms with Crippen LogP contribution in [-0.2, 0) is 0 Å². The number of rotatable bonds is 5. The molecule has 0 aliphatic carbocycles. The van der Waals surface area contributed by atoms with Crippen molar-refractivity contribution in [3.8, 4) is 17.0 Å². The van der Waals surface area contributed by atoms with E-state index >= 15 is 0 Å². The summed E-state index contributed by atoms with van der Waals surface area (Å²) in [6.07, 6.45) is 4.85. The van der Waals surface area contributed by atoms with Crippen LogP contribution in [0, 0.1) is 0 Å². The molecule has 0 bridgehead atoms. The van der Waals surface area contributed by atoms with E-state index < -0.39 is 0 Å². The van der Waals surface area contributed by atoms with Crippen molar-refractivity contribution in [1.82, 2.24) is 9.66 Å². The van der Waals surface area contributed by atoms with Crippen LogP contribution in [0.5, 0.6) is 5.75 Å². The molecule has 33 heavy (non-hydrogen) atoms. The minimum absolute atomic E-state index is 0.0643. The minimum Gasteiger partial charge on any atom is -0.506 e. The summed E-state index contributed by atoms with van der Waals surface area (Å²) in [5, 5.41) is 16.4. The van der Waals surface area contributed by atoms with Crippen molar-refractivity contribution >= 4 is 85.0 Å². The Bertz CT molecular complexity index is 1390. The van der Waals surface area contributed by atoms with Gasteiger partial charge in [0.2, 0.25) is 0 Å². The zero-order valence-electron chi connectivity index (χ0n) is 16.6. The van der Waals surface area contributed by atoms with Crippen LogP contribution in [0.3, 0.4) is 0 Å². The van der Waals surface area contributed by atoms with Gasteiger partial charge in [-0.2, -0.15) is 5.10 Å². The molecule has 3 aromatic carbocycles. The first-order chi connectivity index (χ1) is 15.8. The van der Waals surface area contributed by atoms with Gasteiger partial charge in [0.1, 0.15) is 5.75 Å². The molecule has 0 aliphatic rings. The SMILES string of the molecule is Oc1c(Br)cc(Br)cc1C=Nc1nc(-c2ccc(Cl)cc2)cn1/N=C\c1ccc(Cl)cc1Cl. The summed E-state index contributed by atoms with van der Waals surface area (Å²) in [6.45, 7) is 0. The molecular formula is C23H13Br2Cl3N4O. The number of imidazole rings is 1. The molecule has 1 aromatic heterocycles. The maximum absolute atomic E-state index is 10.3. The highest BCUT2D eigenvalue weighted by molar-refractivity contribution is 9.11. The van der Waals surface area contributed by atoms with Crippen molar-refractivity contribution in [3.63, 3.8) is 0 Å². The number of hydrogen-bond acceptors (Lipinski definition) is 4. The van der Waals surface area contributed by atoms with E-state index in [4.69, 9.17) is 34.8 Å². The average molecular weight is 628 g/mol. The zero-order valence-corrected chi connectivity index (χ0v) is 22.0. The van der Waals surface area contributed by atoms with E-state index in [-0.39, 0.29) is 5.75 Å². The molecule has 0 spiro atoms. The minimum atomic E-state index is 0.0643. The van der Waals surface area contributed by atoms with Gasteiger partial charge in [-0.1, -0.05) is 68.9 Å². The van der Waals surface area contributed by atoms with Gasteiger partial charge in [-0.25, -0.2) is 14.7 Å². The molecule has 0 unspecified atom stereocenters. The highest BCUT2D eigenvalue weighted by Gasteiger charge is 2.10. The summed E-state index contributed by atoms with van der Waals surface area (Å²) in [4.78, 5) is 9.06. The van der Waals surface area contributed by atoms with Gasteiger partial charge in [0.05, 0.1) is 27.6 Å². The Morgan fingerprint density at radius 1 is 0.879 bits per heavy atom. The van der Waals surface area contributed by atoms with Crippen molar-refractivity contribution in [2.24, 2.45) is 10.1 Å². The second-order valence-electron chi connectivity index (χ2n) is 6.77. The fourth-order valence-corrected chi connectivity index (χ4v) is 4.68. The van der Waals surface area contributed by atoms with Gasteiger partial charge in [0, 0.05) is 37.4 Å². The maximum atomic E-state index is 10.3. The van der Waals surface area contributed by atoms with Crippen LogP contribution >= 0.6 is 66.7 Å². The molecule has 0 atom stereocenters. The number of halogens is 5. The molecule has 1 heterocycles. The third-order valence-electron chi connectivity index (χ3n) is 4.47. The van der Waals surface area contributed by atoms with Gasteiger partial charge in [0.25, 0.3) is 5.95 Å². The van der Waals surface area contributed by atoms with E-state index in [1.165, 1.54) is 10.9 Å². The van der Waals surface area contributed by atoms with Crippen molar-refractivity contribution in [2.75, 3.05) is 0 Å². The first-order valence-corrected chi connectivity index (χ1v) is 12.1. The predicted octanol–water partition coefficient (Wildman–Crippen LogP) is 8.37. The molecule has 1 N–H and O–H groups in total. The summed E-state index contributed by atoms with van der Waals surface area (Å²) >= 11 is 25.0. The third-order valence-corrected chi connectivity index (χ3v) is 6.35. The lowest BCUT2D eigenvalue weighted by atomic mass is 10.2. The molecule has 0 aliphatic heterocycles. The van der Waals surface area contributed by atoms with Crippen molar-refractivity contribution < 1.29 is 5.11 Å². The average Bonchev–Trinajstić information content (AvgIpc) is 3.18. The first-order valence-electron chi connectivity index (χ1n) is 9.37. The topological polar surface area (TPSA) is 62.8 Å². The Labute approximate surface area is 221 Å². The Morgan fingerprint density at radius 2 is 1.61 bits per heavy atom. The normalized spacial score (nSPS) is 11.7. The lowest BCUT2D eigenvalue weighted by molar-refractivity contribution is 0.471. The van der Waals surface area contributed by atoms with Crippen LogP contribution in [0.25, 0.3) is 11.3 Å². The Morgan fingerprint density at radius 3 is 2.33 bits per heavy atom. The van der Waals surface area contributed by atoms with Crippen LogP contribution in [0.15, 0.2) is 79.8 Å². The molecular weight excluding hydrogens is 614 g/mol. The molecule has 166 valence electrons. The van der Waals surface area contributed by atoms with Crippen LogP contribution in [0.4, 0.5) is 5.95 Å². The Hall–Kier alpha value is -2.16. The van der Waals surface area contributed by atoms with Crippen molar-refractivity contribution in [2.45, 2.75) is 0 Å². The number of nitrogens with zero attached hydrogens (tertiary/aromatic N) is 4. The van der Waals surface area contributed by atoms with E-state index in [1.807, 2.05) is 12.1 Å². The number of aromatic hydroxyl groups is 1. The predicted molar refractivity (Wildman–Crippen MR) is 143 cm³/mol. The number of benzene rings is 3. The third kappa shape index (κ3) is 5.86. The molecule has 0 radical (unpaired) electrons. The molecule has 5 nitrogen and oxygen atoms in total. The second kappa shape index (κ2) is 10.4. The fraction of sp³-hybridized carbons (Fsp3) is 0. The summed E-state index contributed by atoms with van der Waals surface area (Å²) in [7, 11) is 0. The summed E-state index contributed by atoms with van der Waals surface area (Å²) in [5.74, 6) is 0.367. The lowest BCUT2D eigenvalue weighted by Gasteiger charge is -2.03. The van der Waals surface area contributed by atoms with E-state index in [9.17, 15) is 5.11 Å². The van der Waals surface area contributed by atoms with Crippen molar-refractivity contribution in [3.05, 3.63) is 95.9 Å². The molecule has 4 aromatic rings. The van der Waals surface area contributed by atoms with Crippen LogP contribution in [0.1, 0.15) is 11.1 Å². The number of aromatic nitrogens is 2. The molecule has 4 rings (SSSR count). The molecule has 0 saturated heterocycles. The number of phenols is 1. The quantitative estimate of drug-likeness (QED) is 0.226. The monoisotopic (exact) mass is 624 g/mol. The summed E-state index contributed by atoms with van der Waals surface area (Å²) in [5.41, 5.74) is 2.69. The van der Waals surface area contributed by atoms with Gasteiger partial charge in [-0.05, 0) is 52.3 Å². The number of phenolic OH excluding ortho intramolecular Hbond substituents is 1. The largest absolute Gasteiger partial charge is 0.506 e. The van der Waals surface area contributed by atoms with Crippen LogP contribution in [-0.4, -0.2) is 27.2 Å². The summed E-state index contributed by atoms with van der Waals surface area (Å²) in [6, 6.07) is 15.9. The lowest BCUT2D eigenvalue weighted by Crippen LogP contribution is -1.91. The van der Waals surface area contributed by atoms with Gasteiger partial charge in [0.15, 0.2) is 0 Å². The van der Waals surface area contributed by atoms with Crippen LogP contribution in [0.2, 0.25) is 15.1 Å². The number of aliphatic imine (C=N–C) groups is 1. The standard InChI is InChI=1S/C23H13Br2Cl3N4O/c24-16-7-15(22(33)19(25)8-16)10-29-23-31-21(13-1-4-17(26)5-2-13)12-32(23)30-11-14-3-6-18(27)9-20(14)28/h1-12,33H/b29-10?,30-11-. The highest BCUT2D eigenvalue weighted by atomic mass is 79.9. The van der Waals surface area contributed by atoms with Gasteiger partial charge in [-0.15, -0.1) is 0 Å². The number of hydrogen-bond donors (Lipinski definition) is 1. The first kappa shape index (κ1) is 24.0. The second-order valence-corrected chi connectivity index (χ2v) is 9.82. The highest BCUT2D eigenvalue weighted by Crippen LogP contribution is 2.31. The van der Waals surface area contributed by atoms with Crippen LogP contribution < -0.4 is 0 Å². The van der Waals surface area contributed by atoms with Gasteiger partial charge < -0.3 is 5.11 Å².